The first-order valence-electron chi connectivity index (χ1n) is 8.50. The van der Waals surface area contributed by atoms with Crippen molar-refractivity contribution in [2.75, 3.05) is 7.11 Å². The molecule has 0 aliphatic heterocycles. The van der Waals surface area contributed by atoms with E-state index in [0.717, 1.165) is 5.56 Å². The van der Waals surface area contributed by atoms with Gasteiger partial charge in [0.2, 0.25) is 0 Å². The molecule has 0 fully saturated rings. The van der Waals surface area contributed by atoms with Crippen LogP contribution in [0.25, 0.3) is 6.08 Å². The van der Waals surface area contributed by atoms with E-state index in [4.69, 9.17) is 21.1 Å². The van der Waals surface area contributed by atoms with E-state index in [1.54, 1.807) is 72.8 Å². The summed E-state index contributed by atoms with van der Waals surface area (Å²) in [6.45, 7) is 0. The fourth-order valence-corrected chi connectivity index (χ4v) is 2.61. The van der Waals surface area contributed by atoms with Gasteiger partial charge in [-0.05, 0) is 48.0 Å². The lowest BCUT2D eigenvalue weighted by Gasteiger charge is -2.10. The molecule has 28 heavy (non-hydrogen) atoms. The average Bonchev–Trinajstić information content (AvgIpc) is 2.73. The van der Waals surface area contributed by atoms with E-state index in [1.807, 2.05) is 0 Å². The number of carbonyl (C=O) groups is 2. The fraction of sp³-hybridized carbons (Fsp3) is 0.0435. The Morgan fingerprint density at radius 1 is 0.929 bits per heavy atom. The second-order valence-electron chi connectivity index (χ2n) is 5.87. The van der Waals surface area contributed by atoms with Crippen LogP contribution in [-0.2, 0) is 0 Å². The molecule has 0 atom stereocenters. The maximum Gasteiger partial charge on any atom is 0.343 e. The standard InChI is InChI=1S/C23H17ClO4/c1-27-19-12-13-20(21(25)14-9-16-7-10-18(24)11-8-16)22(15-19)28-23(26)17-5-3-2-4-6-17/h2-15H,1H3. The molecule has 0 unspecified atom stereocenters. The number of esters is 1. The van der Waals surface area contributed by atoms with Gasteiger partial charge in [-0.3, -0.25) is 4.79 Å². The molecule has 0 saturated carbocycles. The summed E-state index contributed by atoms with van der Waals surface area (Å²) in [5.74, 6) is -0.230. The van der Waals surface area contributed by atoms with Crippen molar-refractivity contribution in [3.8, 4) is 11.5 Å². The van der Waals surface area contributed by atoms with Gasteiger partial charge in [0.15, 0.2) is 5.78 Å². The van der Waals surface area contributed by atoms with Crippen molar-refractivity contribution >= 4 is 29.4 Å². The van der Waals surface area contributed by atoms with Crippen LogP contribution < -0.4 is 9.47 Å². The second kappa shape index (κ2) is 9.02. The Hall–Kier alpha value is -3.37. The van der Waals surface area contributed by atoms with Crippen LogP contribution in [0.2, 0.25) is 5.02 Å². The van der Waals surface area contributed by atoms with Crippen LogP contribution in [0.3, 0.4) is 0 Å². The molecule has 0 aliphatic carbocycles. The number of ketones is 1. The first-order valence-corrected chi connectivity index (χ1v) is 8.88. The molecule has 0 spiro atoms. The summed E-state index contributed by atoms with van der Waals surface area (Å²) in [5.41, 5.74) is 1.48. The molecule has 0 aliphatic rings. The van der Waals surface area contributed by atoms with Gasteiger partial charge < -0.3 is 9.47 Å². The summed E-state index contributed by atoms with van der Waals surface area (Å²) in [7, 11) is 1.50. The molecule has 0 N–H and O–H groups in total. The summed E-state index contributed by atoms with van der Waals surface area (Å²) in [5, 5.41) is 0.619. The van der Waals surface area contributed by atoms with E-state index in [0.29, 0.717) is 16.3 Å². The Morgan fingerprint density at radius 3 is 2.32 bits per heavy atom. The van der Waals surface area contributed by atoms with E-state index >= 15 is 0 Å². The maximum absolute atomic E-state index is 12.7. The molecule has 5 heteroatoms. The van der Waals surface area contributed by atoms with Crippen LogP contribution >= 0.6 is 11.6 Å². The summed E-state index contributed by atoms with van der Waals surface area (Å²) in [6.07, 6.45) is 3.09. The van der Waals surface area contributed by atoms with Crippen molar-refractivity contribution in [3.63, 3.8) is 0 Å². The van der Waals surface area contributed by atoms with Gasteiger partial charge >= 0.3 is 5.97 Å². The van der Waals surface area contributed by atoms with Crippen molar-refractivity contribution in [1.29, 1.82) is 0 Å². The van der Waals surface area contributed by atoms with E-state index < -0.39 is 5.97 Å². The zero-order chi connectivity index (χ0) is 19.9. The van der Waals surface area contributed by atoms with Crippen molar-refractivity contribution in [2.24, 2.45) is 0 Å². The largest absolute Gasteiger partial charge is 0.497 e. The Bertz CT molecular complexity index is 1010. The number of methoxy groups -OCH3 is 1. The Balaban J connectivity index is 1.86. The van der Waals surface area contributed by atoms with Crippen molar-refractivity contribution in [1.82, 2.24) is 0 Å². The topological polar surface area (TPSA) is 52.6 Å². The predicted octanol–water partition coefficient (Wildman–Crippen LogP) is 5.46. The molecule has 0 aromatic heterocycles. The van der Waals surface area contributed by atoms with E-state index in [-0.39, 0.29) is 17.1 Å². The molecule has 3 aromatic carbocycles. The van der Waals surface area contributed by atoms with Crippen LogP contribution in [0.15, 0.2) is 78.9 Å². The number of ether oxygens (including phenoxy) is 2. The molecule has 140 valence electrons. The molecular formula is C23H17ClO4. The first-order chi connectivity index (χ1) is 13.6. The SMILES string of the molecule is COc1ccc(C(=O)C=Cc2ccc(Cl)cc2)c(OC(=O)c2ccccc2)c1. The molecule has 3 aromatic rings. The molecule has 0 heterocycles. The van der Waals surface area contributed by atoms with Crippen LogP contribution in [0.5, 0.6) is 11.5 Å². The fourth-order valence-electron chi connectivity index (χ4n) is 2.49. The smallest absolute Gasteiger partial charge is 0.343 e. The zero-order valence-electron chi connectivity index (χ0n) is 15.1. The third-order valence-corrected chi connectivity index (χ3v) is 4.22. The highest BCUT2D eigenvalue weighted by Crippen LogP contribution is 2.27. The lowest BCUT2D eigenvalue weighted by atomic mass is 10.1. The Morgan fingerprint density at radius 2 is 1.64 bits per heavy atom. The van der Waals surface area contributed by atoms with Gasteiger partial charge in [0.25, 0.3) is 0 Å². The first kappa shape index (κ1) is 19.4. The van der Waals surface area contributed by atoms with E-state index in [2.05, 4.69) is 0 Å². The van der Waals surface area contributed by atoms with Gasteiger partial charge in [0, 0.05) is 11.1 Å². The lowest BCUT2D eigenvalue weighted by Crippen LogP contribution is -2.11. The minimum atomic E-state index is -0.551. The number of allylic oxidation sites excluding steroid dienone is 1. The van der Waals surface area contributed by atoms with E-state index in [9.17, 15) is 9.59 Å². The molecule has 0 radical (unpaired) electrons. The molecular weight excluding hydrogens is 376 g/mol. The lowest BCUT2D eigenvalue weighted by molar-refractivity contribution is 0.0733. The third kappa shape index (κ3) is 4.87. The highest BCUT2D eigenvalue weighted by Gasteiger charge is 2.16. The van der Waals surface area contributed by atoms with Crippen LogP contribution in [0.1, 0.15) is 26.3 Å². The second-order valence-corrected chi connectivity index (χ2v) is 6.30. The normalized spacial score (nSPS) is 10.6. The molecule has 0 bridgehead atoms. The van der Waals surface area contributed by atoms with Crippen molar-refractivity contribution in [3.05, 3.63) is 101 Å². The summed E-state index contributed by atoms with van der Waals surface area (Å²) in [6, 6.07) is 20.4. The highest BCUT2D eigenvalue weighted by atomic mass is 35.5. The quantitative estimate of drug-likeness (QED) is 0.242. The van der Waals surface area contributed by atoms with Crippen molar-refractivity contribution in [2.45, 2.75) is 0 Å². The molecule has 0 amide bonds. The number of carbonyl (C=O) groups excluding carboxylic acids is 2. The number of hydrogen-bond donors (Lipinski definition) is 0. The summed E-state index contributed by atoms with van der Waals surface area (Å²) in [4.78, 5) is 25.1. The highest BCUT2D eigenvalue weighted by molar-refractivity contribution is 6.30. The number of benzene rings is 3. The number of hydrogen-bond acceptors (Lipinski definition) is 4. The molecule has 3 rings (SSSR count). The Labute approximate surface area is 168 Å². The van der Waals surface area contributed by atoms with Gasteiger partial charge in [-0.2, -0.15) is 0 Å². The summed E-state index contributed by atoms with van der Waals surface area (Å²) >= 11 is 5.87. The van der Waals surface area contributed by atoms with Gasteiger partial charge in [-0.1, -0.05) is 48.0 Å². The summed E-state index contributed by atoms with van der Waals surface area (Å²) < 4.78 is 10.7. The maximum atomic E-state index is 12.7. The molecule has 4 nitrogen and oxygen atoms in total. The van der Waals surface area contributed by atoms with Crippen LogP contribution in [-0.4, -0.2) is 18.9 Å². The van der Waals surface area contributed by atoms with Crippen LogP contribution in [0.4, 0.5) is 0 Å². The third-order valence-electron chi connectivity index (χ3n) is 3.96. The van der Waals surface area contributed by atoms with Gasteiger partial charge in [-0.15, -0.1) is 0 Å². The Kier molecular flexibility index (Phi) is 6.25. The monoisotopic (exact) mass is 392 g/mol. The minimum absolute atomic E-state index is 0.138. The average molecular weight is 393 g/mol. The van der Waals surface area contributed by atoms with Gasteiger partial charge in [0.1, 0.15) is 11.5 Å². The number of rotatable bonds is 6. The van der Waals surface area contributed by atoms with E-state index in [1.165, 1.54) is 19.3 Å². The van der Waals surface area contributed by atoms with Gasteiger partial charge in [0.05, 0.1) is 18.2 Å². The predicted molar refractivity (Wildman–Crippen MR) is 109 cm³/mol. The van der Waals surface area contributed by atoms with Crippen molar-refractivity contribution < 1.29 is 19.1 Å². The van der Waals surface area contributed by atoms with Crippen LogP contribution in [0, 0.1) is 0 Å². The van der Waals surface area contributed by atoms with Gasteiger partial charge in [-0.25, -0.2) is 4.79 Å². The number of halogens is 1. The zero-order valence-corrected chi connectivity index (χ0v) is 15.8. The minimum Gasteiger partial charge on any atom is -0.497 e. The molecule has 0 saturated heterocycles.